The average molecular weight is 244 g/mol. The van der Waals surface area contributed by atoms with E-state index in [-0.39, 0.29) is 18.8 Å². The van der Waals surface area contributed by atoms with Crippen LogP contribution in [0.5, 0.6) is 0 Å². The van der Waals surface area contributed by atoms with Crippen LogP contribution in [0, 0.1) is 0 Å². The number of aliphatic hydroxyl groups is 1. The van der Waals surface area contributed by atoms with Gasteiger partial charge in [0.1, 0.15) is 6.10 Å². The summed E-state index contributed by atoms with van der Waals surface area (Å²) in [5.41, 5.74) is 0. The van der Waals surface area contributed by atoms with Crippen LogP contribution in [-0.2, 0) is 9.47 Å². The molecule has 2 atom stereocenters. The van der Waals surface area contributed by atoms with Crippen LogP contribution < -0.4 is 0 Å². The highest BCUT2D eigenvalue weighted by Crippen LogP contribution is 2.03. The lowest BCUT2D eigenvalue weighted by Crippen LogP contribution is -2.20. The van der Waals surface area contributed by atoms with Gasteiger partial charge in [-0.25, -0.2) is 0 Å². The lowest BCUT2D eigenvalue weighted by molar-refractivity contribution is -0.0220. The molecule has 0 radical (unpaired) electrons. The van der Waals surface area contributed by atoms with Crippen molar-refractivity contribution in [2.45, 2.75) is 65.1 Å². The van der Waals surface area contributed by atoms with Crippen molar-refractivity contribution < 1.29 is 14.6 Å². The predicted molar refractivity (Wildman–Crippen MR) is 70.9 cm³/mol. The molecule has 0 aliphatic heterocycles. The first kappa shape index (κ1) is 16.5. The van der Waals surface area contributed by atoms with Gasteiger partial charge in [0.05, 0.1) is 25.6 Å². The summed E-state index contributed by atoms with van der Waals surface area (Å²) < 4.78 is 10.8. The largest absolute Gasteiger partial charge is 0.496 e. The molecule has 17 heavy (non-hydrogen) atoms. The van der Waals surface area contributed by atoms with Crippen LogP contribution in [0.3, 0.4) is 0 Å². The third-order valence-corrected chi connectivity index (χ3v) is 2.50. The number of rotatable bonds is 11. The molecule has 0 aliphatic carbocycles. The van der Waals surface area contributed by atoms with Crippen molar-refractivity contribution >= 4 is 0 Å². The molecular weight excluding hydrogens is 216 g/mol. The van der Waals surface area contributed by atoms with Gasteiger partial charge in [-0.2, -0.15) is 0 Å². The Labute approximate surface area is 106 Å². The van der Waals surface area contributed by atoms with E-state index in [9.17, 15) is 0 Å². The SMILES string of the molecule is CCCCCCC=COC(C)COC(C)CO. The molecule has 0 saturated carbocycles. The average Bonchev–Trinajstić information content (AvgIpc) is 2.34. The van der Waals surface area contributed by atoms with E-state index in [1.165, 1.54) is 25.7 Å². The fourth-order valence-electron chi connectivity index (χ4n) is 1.34. The number of hydrogen-bond acceptors (Lipinski definition) is 3. The zero-order chi connectivity index (χ0) is 12.9. The molecule has 1 N–H and O–H groups in total. The lowest BCUT2D eigenvalue weighted by atomic mass is 10.1. The Balaban J connectivity index is 3.36. The highest BCUT2D eigenvalue weighted by Gasteiger charge is 2.04. The van der Waals surface area contributed by atoms with Crippen LogP contribution in [0.2, 0.25) is 0 Å². The topological polar surface area (TPSA) is 38.7 Å². The molecule has 0 spiro atoms. The molecule has 2 unspecified atom stereocenters. The van der Waals surface area contributed by atoms with Crippen molar-refractivity contribution in [1.29, 1.82) is 0 Å². The fourth-order valence-corrected chi connectivity index (χ4v) is 1.34. The quantitative estimate of drug-likeness (QED) is 0.448. The van der Waals surface area contributed by atoms with Crippen molar-refractivity contribution in [3.8, 4) is 0 Å². The van der Waals surface area contributed by atoms with Gasteiger partial charge in [0.2, 0.25) is 0 Å². The Morgan fingerprint density at radius 3 is 2.53 bits per heavy atom. The van der Waals surface area contributed by atoms with Crippen molar-refractivity contribution in [2.24, 2.45) is 0 Å². The second-order valence-electron chi connectivity index (χ2n) is 4.49. The summed E-state index contributed by atoms with van der Waals surface area (Å²) in [4.78, 5) is 0. The highest BCUT2D eigenvalue weighted by atomic mass is 16.5. The number of unbranched alkanes of at least 4 members (excludes halogenated alkanes) is 4. The standard InChI is InChI=1S/C14H28O3/c1-4-5-6-7-8-9-10-16-14(3)12-17-13(2)11-15/h9-10,13-15H,4-8,11-12H2,1-3H3. The molecule has 3 nitrogen and oxygen atoms in total. The molecule has 0 saturated heterocycles. The maximum atomic E-state index is 8.78. The van der Waals surface area contributed by atoms with E-state index < -0.39 is 0 Å². The molecule has 0 rings (SSSR count). The van der Waals surface area contributed by atoms with Crippen LogP contribution in [0.4, 0.5) is 0 Å². The van der Waals surface area contributed by atoms with Crippen LogP contribution in [0.25, 0.3) is 0 Å². The van der Waals surface area contributed by atoms with Crippen molar-refractivity contribution in [2.75, 3.05) is 13.2 Å². The number of allylic oxidation sites excluding steroid dienone is 1. The summed E-state index contributed by atoms with van der Waals surface area (Å²) in [5, 5.41) is 8.78. The van der Waals surface area contributed by atoms with Gasteiger partial charge in [0.15, 0.2) is 0 Å². The van der Waals surface area contributed by atoms with Gasteiger partial charge in [-0.15, -0.1) is 0 Å². The normalized spacial score (nSPS) is 15.1. The molecule has 0 fully saturated rings. The van der Waals surface area contributed by atoms with Gasteiger partial charge in [-0.3, -0.25) is 0 Å². The van der Waals surface area contributed by atoms with E-state index in [1.807, 2.05) is 13.8 Å². The first-order chi connectivity index (χ1) is 8.20. The van der Waals surface area contributed by atoms with E-state index in [1.54, 1.807) is 6.26 Å². The molecule has 0 aromatic heterocycles. The predicted octanol–water partition coefficient (Wildman–Crippen LogP) is 3.27. The summed E-state index contributed by atoms with van der Waals surface area (Å²) in [6.45, 7) is 6.59. The first-order valence-electron chi connectivity index (χ1n) is 6.73. The molecule has 3 heteroatoms. The highest BCUT2D eigenvalue weighted by molar-refractivity contribution is 4.74. The molecular formula is C14H28O3. The fraction of sp³-hybridized carbons (Fsp3) is 0.857. The first-order valence-corrected chi connectivity index (χ1v) is 6.73. The van der Waals surface area contributed by atoms with Gasteiger partial charge in [-0.05, 0) is 32.8 Å². The summed E-state index contributed by atoms with van der Waals surface area (Å²) in [7, 11) is 0. The lowest BCUT2D eigenvalue weighted by Gasteiger charge is -2.15. The number of aliphatic hydroxyl groups excluding tert-OH is 1. The van der Waals surface area contributed by atoms with E-state index in [2.05, 4.69) is 13.0 Å². The van der Waals surface area contributed by atoms with Gasteiger partial charge >= 0.3 is 0 Å². The third-order valence-electron chi connectivity index (χ3n) is 2.50. The Morgan fingerprint density at radius 1 is 1.12 bits per heavy atom. The smallest absolute Gasteiger partial charge is 0.118 e. The zero-order valence-corrected chi connectivity index (χ0v) is 11.5. The second-order valence-corrected chi connectivity index (χ2v) is 4.49. The van der Waals surface area contributed by atoms with Gasteiger partial charge < -0.3 is 14.6 Å². The van der Waals surface area contributed by atoms with E-state index in [4.69, 9.17) is 14.6 Å². The van der Waals surface area contributed by atoms with Gasteiger partial charge in [-0.1, -0.05) is 26.2 Å². The Morgan fingerprint density at radius 2 is 1.88 bits per heavy atom. The minimum absolute atomic E-state index is 0.0379. The minimum Gasteiger partial charge on any atom is -0.496 e. The molecule has 0 aromatic rings. The number of ether oxygens (including phenoxy) is 2. The van der Waals surface area contributed by atoms with E-state index in [0.717, 1.165) is 6.42 Å². The third kappa shape index (κ3) is 11.7. The molecule has 0 aliphatic rings. The maximum Gasteiger partial charge on any atom is 0.118 e. The molecule has 0 bridgehead atoms. The minimum atomic E-state index is -0.112. The monoisotopic (exact) mass is 244 g/mol. The van der Waals surface area contributed by atoms with E-state index >= 15 is 0 Å². The van der Waals surface area contributed by atoms with Crippen molar-refractivity contribution in [3.63, 3.8) is 0 Å². The van der Waals surface area contributed by atoms with Crippen LogP contribution in [-0.4, -0.2) is 30.5 Å². The maximum absolute atomic E-state index is 8.78. The zero-order valence-electron chi connectivity index (χ0n) is 11.5. The Kier molecular flexibility index (Phi) is 11.6. The Hall–Kier alpha value is -0.540. The molecule has 0 heterocycles. The molecule has 0 amide bonds. The van der Waals surface area contributed by atoms with Crippen molar-refractivity contribution in [3.05, 3.63) is 12.3 Å². The summed E-state index contributed by atoms with van der Waals surface area (Å²) in [5.74, 6) is 0. The van der Waals surface area contributed by atoms with Crippen LogP contribution in [0.1, 0.15) is 52.9 Å². The van der Waals surface area contributed by atoms with Crippen molar-refractivity contribution in [1.82, 2.24) is 0 Å². The van der Waals surface area contributed by atoms with Crippen LogP contribution in [0.15, 0.2) is 12.3 Å². The van der Waals surface area contributed by atoms with Gasteiger partial charge in [0, 0.05) is 0 Å². The van der Waals surface area contributed by atoms with E-state index in [0.29, 0.717) is 6.61 Å². The Bertz CT molecular complexity index is 180. The molecule has 102 valence electrons. The number of hydrogen-bond donors (Lipinski definition) is 1. The van der Waals surface area contributed by atoms with Crippen LogP contribution >= 0.6 is 0 Å². The summed E-state index contributed by atoms with van der Waals surface area (Å²) in [6, 6.07) is 0. The van der Waals surface area contributed by atoms with Gasteiger partial charge in [0.25, 0.3) is 0 Å². The second kappa shape index (κ2) is 11.9. The summed E-state index contributed by atoms with van der Waals surface area (Å²) >= 11 is 0. The molecule has 0 aromatic carbocycles. The summed E-state index contributed by atoms with van der Waals surface area (Å²) in [6.07, 6.45) is 9.98.